The quantitative estimate of drug-likeness (QED) is 0.886. The molecule has 0 bridgehead atoms. The third-order valence-corrected chi connectivity index (χ3v) is 5.66. The van der Waals surface area contributed by atoms with Gasteiger partial charge in [0.05, 0.1) is 6.54 Å². The van der Waals surface area contributed by atoms with Gasteiger partial charge in [-0.25, -0.2) is 0 Å². The SMILES string of the molecule is Cc1cc(CN2CCC(c3nnc4n3CCNC4)CC2)ccc1Cl.Cl. The number of likely N-dealkylation sites (tertiary alicyclic amines) is 1. The zero-order valence-electron chi connectivity index (χ0n) is 14.5. The predicted octanol–water partition coefficient (Wildman–Crippen LogP) is 3.14. The zero-order chi connectivity index (χ0) is 16.5. The summed E-state index contributed by atoms with van der Waals surface area (Å²) < 4.78 is 2.33. The highest BCUT2D eigenvalue weighted by molar-refractivity contribution is 6.31. The Morgan fingerprint density at radius 3 is 2.76 bits per heavy atom. The van der Waals surface area contributed by atoms with Gasteiger partial charge in [0.25, 0.3) is 0 Å². The van der Waals surface area contributed by atoms with Gasteiger partial charge in [0.1, 0.15) is 11.6 Å². The van der Waals surface area contributed by atoms with Gasteiger partial charge in [-0.05, 0) is 50.0 Å². The van der Waals surface area contributed by atoms with E-state index in [0.29, 0.717) is 5.92 Å². The number of hydrogen-bond donors (Lipinski definition) is 1. The molecule has 1 aromatic carbocycles. The summed E-state index contributed by atoms with van der Waals surface area (Å²) in [6.07, 6.45) is 2.33. The molecule has 1 aromatic heterocycles. The van der Waals surface area contributed by atoms with Crippen LogP contribution in [-0.2, 0) is 19.6 Å². The van der Waals surface area contributed by atoms with E-state index in [2.05, 4.69) is 44.0 Å². The lowest BCUT2D eigenvalue weighted by Crippen LogP contribution is -2.34. The monoisotopic (exact) mass is 381 g/mol. The summed E-state index contributed by atoms with van der Waals surface area (Å²) in [7, 11) is 0. The molecule has 25 heavy (non-hydrogen) atoms. The zero-order valence-corrected chi connectivity index (χ0v) is 16.1. The van der Waals surface area contributed by atoms with E-state index in [1.807, 2.05) is 6.07 Å². The van der Waals surface area contributed by atoms with E-state index >= 15 is 0 Å². The Labute approximate surface area is 160 Å². The summed E-state index contributed by atoms with van der Waals surface area (Å²) in [5, 5.41) is 13.1. The molecule has 2 aliphatic rings. The number of nitrogens with zero attached hydrogens (tertiary/aromatic N) is 4. The van der Waals surface area contributed by atoms with Gasteiger partial charge in [0.15, 0.2) is 0 Å². The highest BCUT2D eigenvalue weighted by Gasteiger charge is 2.26. The first-order valence-electron chi connectivity index (χ1n) is 8.81. The first kappa shape index (κ1) is 18.6. The van der Waals surface area contributed by atoms with Crippen LogP contribution >= 0.6 is 24.0 Å². The minimum atomic E-state index is 0. The van der Waals surface area contributed by atoms with Crippen molar-refractivity contribution >= 4 is 24.0 Å². The van der Waals surface area contributed by atoms with Crippen molar-refractivity contribution in [3.8, 4) is 0 Å². The normalized spacial score (nSPS) is 18.6. The molecule has 1 fully saturated rings. The van der Waals surface area contributed by atoms with Crippen LogP contribution < -0.4 is 5.32 Å². The van der Waals surface area contributed by atoms with Gasteiger partial charge >= 0.3 is 0 Å². The minimum absolute atomic E-state index is 0. The van der Waals surface area contributed by atoms with E-state index in [9.17, 15) is 0 Å². The van der Waals surface area contributed by atoms with Gasteiger partial charge in [-0.15, -0.1) is 22.6 Å². The standard InChI is InChI=1S/C18H24ClN5.ClH/c1-13-10-14(2-3-16(13)19)12-23-7-4-15(5-8-23)18-22-21-17-11-20-6-9-24(17)18;/h2-3,10,15,20H,4-9,11-12H2,1H3;1H. The lowest BCUT2D eigenvalue weighted by Gasteiger charge is -2.32. The molecule has 2 aliphatic heterocycles. The van der Waals surface area contributed by atoms with Gasteiger partial charge in [-0.2, -0.15) is 0 Å². The molecule has 0 aliphatic carbocycles. The van der Waals surface area contributed by atoms with Crippen molar-refractivity contribution in [1.82, 2.24) is 25.0 Å². The molecule has 4 rings (SSSR count). The molecule has 0 saturated carbocycles. The molecule has 136 valence electrons. The minimum Gasteiger partial charge on any atom is -0.312 e. The average molecular weight is 382 g/mol. The molecular weight excluding hydrogens is 357 g/mol. The van der Waals surface area contributed by atoms with Gasteiger partial charge in [0, 0.05) is 30.6 Å². The molecule has 1 saturated heterocycles. The van der Waals surface area contributed by atoms with E-state index in [-0.39, 0.29) is 12.4 Å². The lowest BCUT2D eigenvalue weighted by atomic mass is 9.95. The van der Waals surface area contributed by atoms with Gasteiger partial charge < -0.3 is 9.88 Å². The molecule has 0 radical (unpaired) electrons. The largest absolute Gasteiger partial charge is 0.312 e. The third-order valence-electron chi connectivity index (χ3n) is 5.23. The molecule has 1 N–H and O–H groups in total. The summed E-state index contributed by atoms with van der Waals surface area (Å²) >= 11 is 6.12. The Morgan fingerprint density at radius 1 is 1.20 bits per heavy atom. The molecule has 5 nitrogen and oxygen atoms in total. The Kier molecular flexibility index (Phi) is 6.00. The number of halogens is 2. The fourth-order valence-electron chi connectivity index (χ4n) is 3.83. The molecule has 3 heterocycles. The smallest absolute Gasteiger partial charge is 0.147 e. The summed E-state index contributed by atoms with van der Waals surface area (Å²) in [5.74, 6) is 2.84. The van der Waals surface area contributed by atoms with Crippen LogP contribution in [0.2, 0.25) is 5.02 Å². The van der Waals surface area contributed by atoms with Crippen molar-refractivity contribution in [1.29, 1.82) is 0 Å². The van der Waals surface area contributed by atoms with Gasteiger partial charge in [-0.3, -0.25) is 4.90 Å². The van der Waals surface area contributed by atoms with Crippen LogP contribution in [-0.4, -0.2) is 39.3 Å². The van der Waals surface area contributed by atoms with Crippen molar-refractivity contribution in [2.24, 2.45) is 0 Å². The molecule has 2 aromatic rings. The van der Waals surface area contributed by atoms with Gasteiger partial charge in [-0.1, -0.05) is 23.7 Å². The van der Waals surface area contributed by atoms with Crippen LogP contribution in [0.4, 0.5) is 0 Å². The molecular formula is C18H25Cl2N5. The highest BCUT2D eigenvalue weighted by atomic mass is 35.5. The second-order valence-corrected chi connectivity index (χ2v) is 7.34. The molecule has 7 heteroatoms. The maximum absolute atomic E-state index is 6.12. The second kappa shape index (κ2) is 8.04. The van der Waals surface area contributed by atoms with Crippen LogP contribution in [0.25, 0.3) is 0 Å². The second-order valence-electron chi connectivity index (χ2n) is 6.94. The number of rotatable bonds is 3. The number of nitrogens with one attached hydrogen (secondary N) is 1. The lowest BCUT2D eigenvalue weighted by molar-refractivity contribution is 0.199. The fraction of sp³-hybridized carbons (Fsp3) is 0.556. The number of aryl methyl sites for hydroxylation is 1. The number of hydrogen-bond acceptors (Lipinski definition) is 4. The topological polar surface area (TPSA) is 46.0 Å². The first-order valence-corrected chi connectivity index (χ1v) is 9.18. The average Bonchev–Trinajstić information content (AvgIpc) is 3.03. The van der Waals surface area contributed by atoms with Crippen molar-refractivity contribution in [2.75, 3.05) is 19.6 Å². The van der Waals surface area contributed by atoms with E-state index in [4.69, 9.17) is 11.6 Å². The van der Waals surface area contributed by atoms with Crippen molar-refractivity contribution in [2.45, 2.75) is 45.3 Å². The fourth-order valence-corrected chi connectivity index (χ4v) is 3.95. The van der Waals surface area contributed by atoms with Crippen molar-refractivity contribution < 1.29 is 0 Å². The van der Waals surface area contributed by atoms with Gasteiger partial charge in [0.2, 0.25) is 0 Å². The number of aromatic nitrogens is 3. The molecule has 0 amide bonds. The highest BCUT2D eigenvalue weighted by Crippen LogP contribution is 2.28. The Morgan fingerprint density at radius 2 is 2.00 bits per heavy atom. The van der Waals surface area contributed by atoms with Crippen LogP contribution in [0, 0.1) is 6.92 Å². The maximum atomic E-state index is 6.12. The van der Waals surface area contributed by atoms with Crippen LogP contribution in [0.3, 0.4) is 0 Å². The summed E-state index contributed by atoms with van der Waals surface area (Å²) in [6, 6.07) is 6.36. The Hall–Kier alpha value is -1.14. The predicted molar refractivity (Wildman–Crippen MR) is 102 cm³/mol. The van der Waals surface area contributed by atoms with E-state index in [1.54, 1.807) is 0 Å². The third kappa shape index (κ3) is 4.00. The Bertz CT molecular complexity index is 722. The summed E-state index contributed by atoms with van der Waals surface area (Å²) in [6.45, 7) is 8.18. The molecule has 0 unspecified atom stereocenters. The van der Waals surface area contributed by atoms with Crippen molar-refractivity contribution in [3.63, 3.8) is 0 Å². The van der Waals surface area contributed by atoms with Crippen LogP contribution in [0.5, 0.6) is 0 Å². The first-order chi connectivity index (χ1) is 11.7. The van der Waals surface area contributed by atoms with E-state index in [0.717, 1.165) is 68.5 Å². The maximum Gasteiger partial charge on any atom is 0.147 e. The van der Waals surface area contributed by atoms with E-state index < -0.39 is 0 Å². The summed E-state index contributed by atoms with van der Waals surface area (Å²) in [5.41, 5.74) is 2.51. The number of benzene rings is 1. The molecule has 0 spiro atoms. The van der Waals surface area contributed by atoms with Crippen molar-refractivity contribution in [3.05, 3.63) is 46.0 Å². The Balaban J connectivity index is 0.00000182. The van der Waals surface area contributed by atoms with Crippen LogP contribution in [0.1, 0.15) is 41.5 Å². The number of fused-ring (bicyclic) bond motifs is 1. The molecule has 0 atom stereocenters. The summed E-state index contributed by atoms with van der Waals surface area (Å²) in [4.78, 5) is 2.54. The van der Waals surface area contributed by atoms with Crippen LogP contribution in [0.15, 0.2) is 18.2 Å². The number of piperidine rings is 1. The van der Waals surface area contributed by atoms with E-state index in [1.165, 1.54) is 11.4 Å².